The second-order valence-electron chi connectivity index (χ2n) is 6.71. The van der Waals surface area contributed by atoms with Crippen molar-refractivity contribution in [1.29, 1.82) is 0 Å². The molecule has 0 radical (unpaired) electrons. The van der Waals surface area contributed by atoms with Crippen molar-refractivity contribution >= 4 is 17.3 Å². The Kier molecular flexibility index (Phi) is 3.89. The Morgan fingerprint density at radius 1 is 1.04 bits per heavy atom. The highest BCUT2D eigenvalue weighted by molar-refractivity contribution is 5.87. The lowest BCUT2D eigenvalue weighted by Crippen LogP contribution is -2.52. The number of aryl methyl sites for hydroxylation is 1. The number of para-hydroxylation sites is 1. The number of nitrogens with one attached hydrogen (secondary N) is 1. The summed E-state index contributed by atoms with van der Waals surface area (Å²) in [6.45, 7) is 5.50. The van der Waals surface area contributed by atoms with Crippen LogP contribution >= 0.6 is 0 Å². The van der Waals surface area contributed by atoms with Crippen LogP contribution in [-0.2, 0) is 11.2 Å². The molecule has 0 saturated carbocycles. The molecular formula is C20H23N3O. The molecule has 1 amide bonds. The summed E-state index contributed by atoms with van der Waals surface area (Å²) in [5.74, 6) is 0.232. The molecule has 2 heterocycles. The van der Waals surface area contributed by atoms with Gasteiger partial charge < -0.3 is 15.1 Å². The second kappa shape index (κ2) is 6.19. The van der Waals surface area contributed by atoms with E-state index in [9.17, 15) is 4.79 Å². The van der Waals surface area contributed by atoms with Gasteiger partial charge >= 0.3 is 0 Å². The van der Waals surface area contributed by atoms with E-state index in [1.54, 1.807) is 0 Å². The molecule has 1 saturated heterocycles. The van der Waals surface area contributed by atoms with Crippen molar-refractivity contribution in [1.82, 2.24) is 4.90 Å². The molecule has 124 valence electrons. The quantitative estimate of drug-likeness (QED) is 0.924. The van der Waals surface area contributed by atoms with Crippen molar-refractivity contribution in [2.24, 2.45) is 0 Å². The lowest BCUT2D eigenvalue weighted by molar-refractivity contribution is -0.132. The van der Waals surface area contributed by atoms with Crippen LogP contribution in [0.25, 0.3) is 0 Å². The molecule has 0 aromatic heterocycles. The van der Waals surface area contributed by atoms with Gasteiger partial charge in [-0.2, -0.15) is 0 Å². The van der Waals surface area contributed by atoms with Gasteiger partial charge in [0.2, 0.25) is 5.91 Å². The Bertz CT molecular complexity index is 725. The topological polar surface area (TPSA) is 35.6 Å². The third-order valence-electron chi connectivity index (χ3n) is 5.03. The number of benzene rings is 2. The number of nitrogens with zero attached hydrogens (tertiary/aromatic N) is 2. The van der Waals surface area contributed by atoms with Gasteiger partial charge in [0, 0.05) is 44.0 Å². The number of amides is 1. The van der Waals surface area contributed by atoms with E-state index in [-0.39, 0.29) is 11.9 Å². The van der Waals surface area contributed by atoms with E-state index in [2.05, 4.69) is 53.5 Å². The first-order valence-electron chi connectivity index (χ1n) is 8.65. The normalized spacial score (nSPS) is 19.8. The maximum absolute atomic E-state index is 12.8. The van der Waals surface area contributed by atoms with Crippen LogP contribution in [0.15, 0.2) is 48.5 Å². The number of carbonyl (C=O) groups is 1. The van der Waals surface area contributed by atoms with E-state index < -0.39 is 0 Å². The largest absolute Gasteiger partial charge is 0.373 e. The molecule has 1 atom stereocenters. The third kappa shape index (κ3) is 2.84. The average molecular weight is 321 g/mol. The Hall–Kier alpha value is -2.49. The van der Waals surface area contributed by atoms with Crippen LogP contribution in [0, 0.1) is 6.92 Å². The van der Waals surface area contributed by atoms with Crippen LogP contribution in [0.5, 0.6) is 0 Å². The number of rotatable bonds is 2. The van der Waals surface area contributed by atoms with Gasteiger partial charge in [0.1, 0.15) is 6.04 Å². The molecule has 2 aromatic carbocycles. The third-order valence-corrected chi connectivity index (χ3v) is 5.03. The van der Waals surface area contributed by atoms with Gasteiger partial charge in [-0.3, -0.25) is 4.79 Å². The molecule has 0 bridgehead atoms. The summed E-state index contributed by atoms with van der Waals surface area (Å²) in [6, 6.07) is 16.7. The van der Waals surface area contributed by atoms with Crippen molar-refractivity contribution in [2.75, 3.05) is 36.4 Å². The first-order valence-corrected chi connectivity index (χ1v) is 8.65. The van der Waals surface area contributed by atoms with Crippen molar-refractivity contribution < 1.29 is 4.79 Å². The van der Waals surface area contributed by atoms with Gasteiger partial charge in [-0.1, -0.05) is 30.3 Å². The summed E-state index contributed by atoms with van der Waals surface area (Å²) in [5.41, 5.74) is 4.89. The molecule has 1 N–H and O–H groups in total. The first kappa shape index (κ1) is 15.1. The van der Waals surface area contributed by atoms with E-state index in [0.29, 0.717) is 0 Å². The van der Waals surface area contributed by atoms with E-state index in [0.717, 1.165) is 38.3 Å². The lowest BCUT2D eigenvalue weighted by Gasteiger charge is -2.37. The van der Waals surface area contributed by atoms with E-state index in [1.165, 1.54) is 16.8 Å². The fourth-order valence-corrected chi connectivity index (χ4v) is 3.68. The molecule has 0 aliphatic carbocycles. The molecule has 1 fully saturated rings. The number of fused-ring (bicyclic) bond motifs is 1. The van der Waals surface area contributed by atoms with Crippen molar-refractivity contribution in [3.05, 3.63) is 59.7 Å². The van der Waals surface area contributed by atoms with Crippen LogP contribution in [0.4, 0.5) is 11.4 Å². The molecule has 2 aromatic rings. The summed E-state index contributed by atoms with van der Waals surface area (Å²) in [4.78, 5) is 17.2. The van der Waals surface area contributed by atoms with Gasteiger partial charge in [-0.15, -0.1) is 0 Å². The Labute approximate surface area is 143 Å². The van der Waals surface area contributed by atoms with E-state index in [4.69, 9.17) is 0 Å². The maximum atomic E-state index is 12.8. The average Bonchev–Trinajstić information content (AvgIpc) is 3.05. The fraction of sp³-hybridized carbons (Fsp3) is 0.350. The van der Waals surface area contributed by atoms with Crippen molar-refractivity contribution in [3.8, 4) is 0 Å². The van der Waals surface area contributed by atoms with Gasteiger partial charge in [-0.05, 0) is 36.2 Å². The highest BCUT2D eigenvalue weighted by atomic mass is 16.2. The summed E-state index contributed by atoms with van der Waals surface area (Å²) in [5, 5.41) is 3.38. The molecule has 1 unspecified atom stereocenters. The molecular weight excluding hydrogens is 298 g/mol. The molecule has 4 heteroatoms. The number of carbonyl (C=O) groups excluding carboxylic acids is 1. The smallest absolute Gasteiger partial charge is 0.245 e. The van der Waals surface area contributed by atoms with Gasteiger partial charge in [0.25, 0.3) is 0 Å². The number of hydrogen-bond acceptors (Lipinski definition) is 3. The number of anilines is 2. The molecule has 2 aliphatic rings. The van der Waals surface area contributed by atoms with Crippen LogP contribution in [-0.4, -0.2) is 43.0 Å². The van der Waals surface area contributed by atoms with E-state index in [1.807, 2.05) is 17.0 Å². The number of hydrogen-bond donors (Lipinski definition) is 1. The summed E-state index contributed by atoms with van der Waals surface area (Å²) in [6.07, 6.45) is 0.799. The Morgan fingerprint density at radius 3 is 2.58 bits per heavy atom. The predicted octanol–water partition coefficient (Wildman–Crippen LogP) is 2.68. The minimum absolute atomic E-state index is 0.104. The van der Waals surface area contributed by atoms with E-state index >= 15 is 0 Å². The fourth-order valence-electron chi connectivity index (χ4n) is 3.68. The van der Waals surface area contributed by atoms with Crippen molar-refractivity contribution in [2.45, 2.75) is 19.4 Å². The highest BCUT2D eigenvalue weighted by Gasteiger charge is 2.31. The Morgan fingerprint density at radius 2 is 1.83 bits per heavy atom. The zero-order chi connectivity index (χ0) is 16.5. The minimum atomic E-state index is -0.104. The molecule has 4 nitrogen and oxygen atoms in total. The monoisotopic (exact) mass is 321 g/mol. The molecule has 2 aliphatic heterocycles. The lowest BCUT2D eigenvalue weighted by atomic mass is 10.1. The van der Waals surface area contributed by atoms with Crippen LogP contribution in [0.1, 0.15) is 11.1 Å². The highest BCUT2D eigenvalue weighted by Crippen LogP contribution is 2.26. The summed E-state index contributed by atoms with van der Waals surface area (Å²) >= 11 is 0. The zero-order valence-electron chi connectivity index (χ0n) is 14.0. The molecule has 4 rings (SSSR count). The summed E-state index contributed by atoms with van der Waals surface area (Å²) < 4.78 is 0. The van der Waals surface area contributed by atoms with Gasteiger partial charge in [0.15, 0.2) is 0 Å². The minimum Gasteiger partial charge on any atom is -0.373 e. The molecule has 0 spiro atoms. The van der Waals surface area contributed by atoms with Crippen LogP contribution in [0.2, 0.25) is 0 Å². The first-order chi connectivity index (χ1) is 11.7. The second-order valence-corrected chi connectivity index (χ2v) is 6.71. The van der Waals surface area contributed by atoms with Crippen LogP contribution in [0.3, 0.4) is 0 Å². The Balaban J connectivity index is 1.37. The molecule has 24 heavy (non-hydrogen) atoms. The predicted molar refractivity (Wildman–Crippen MR) is 97.5 cm³/mol. The number of piperazine rings is 1. The van der Waals surface area contributed by atoms with Gasteiger partial charge in [0.05, 0.1) is 0 Å². The van der Waals surface area contributed by atoms with Gasteiger partial charge in [-0.25, -0.2) is 0 Å². The summed E-state index contributed by atoms with van der Waals surface area (Å²) in [7, 11) is 0. The SMILES string of the molecule is Cc1cccc(N2CCN(C(=O)C3Cc4ccccc4N3)CC2)c1. The van der Waals surface area contributed by atoms with Crippen molar-refractivity contribution in [3.63, 3.8) is 0 Å². The zero-order valence-corrected chi connectivity index (χ0v) is 14.0. The maximum Gasteiger partial charge on any atom is 0.245 e. The van der Waals surface area contributed by atoms with Crippen LogP contribution < -0.4 is 10.2 Å². The standard InChI is InChI=1S/C20H23N3O/c1-15-5-4-7-17(13-15)22-9-11-23(12-10-22)20(24)19-14-16-6-2-3-8-18(16)21-19/h2-8,13,19,21H,9-12,14H2,1H3.